The molecule has 4 rings (SSSR count). The van der Waals surface area contributed by atoms with Crippen LogP contribution in [0.3, 0.4) is 0 Å². The second-order valence-electron chi connectivity index (χ2n) is 9.35. The Kier molecular flexibility index (Phi) is 7.74. The van der Waals surface area contributed by atoms with Gasteiger partial charge in [-0.1, -0.05) is 18.2 Å². The minimum absolute atomic E-state index is 0.00318. The van der Waals surface area contributed by atoms with Gasteiger partial charge in [0, 0.05) is 44.3 Å². The number of nitrogens with one attached hydrogen (secondary N) is 1. The summed E-state index contributed by atoms with van der Waals surface area (Å²) in [7, 11) is 0. The average Bonchev–Trinajstić information content (AvgIpc) is 2.85. The van der Waals surface area contributed by atoms with Crippen molar-refractivity contribution in [3.63, 3.8) is 0 Å². The van der Waals surface area contributed by atoms with Crippen molar-refractivity contribution in [3.8, 4) is 0 Å². The maximum Gasteiger partial charge on any atom is 0.416 e. The molecule has 2 aromatic rings. The van der Waals surface area contributed by atoms with Gasteiger partial charge in [0.05, 0.1) is 11.5 Å². The standard InChI is InChI=1S/C26H29F4N3O2/c27-22-8-6-19(7-9-22)25(35)33-12-2-4-20(17-33)24(34)31-23-10-13-32(14-11-23)16-18-3-1-5-21(15-18)26(28,29)30/h1,3,5-9,15,20,23H,2,4,10-14,16-17H2,(H,31,34). The Labute approximate surface area is 202 Å². The molecule has 0 radical (unpaired) electrons. The lowest BCUT2D eigenvalue weighted by atomic mass is 9.95. The molecule has 0 spiro atoms. The summed E-state index contributed by atoms with van der Waals surface area (Å²) in [6, 6.07) is 10.8. The van der Waals surface area contributed by atoms with Gasteiger partial charge in [-0.25, -0.2) is 4.39 Å². The first-order valence-electron chi connectivity index (χ1n) is 11.9. The van der Waals surface area contributed by atoms with Crippen molar-refractivity contribution >= 4 is 11.8 Å². The molecular formula is C26H29F4N3O2. The van der Waals surface area contributed by atoms with Gasteiger partial charge in [0.25, 0.3) is 5.91 Å². The molecule has 9 heteroatoms. The van der Waals surface area contributed by atoms with E-state index in [0.29, 0.717) is 50.3 Å². The van der Waals surface area contributed by atoms with Gasteiger partial charge in [-0.3, -0.25) is 14.5 Å². The molecular weight excluding hydrogens is 462 g/mol. The number of halogens is 4. The Morgan fingerprint density at radius 3 is 2.37 bits per heavy atom. The van der Waals surface area contributed by atoms with Gasteiger partial charge in [0.1, 0.15) is 5.82 Å². The normalized spacial score (nSPS) is 20.0. The van der Waals surface area contributed by atoms with E-state index < -0.39 is 17.6 Å². The van der Waals surface area contributed by atoms with Crippen LogP contribution in [0.15, 0.2) is 48.5 Å². The fraction of sp³-hybridized carbons (Fsp3) is 0.462. The Hall–Kier alpha value is -2.94. The molecule has 2 aromatic carbocycles. The zero-order valence-electron chi connectivity index (χ0n) is 19.4. The summed E-state index contributed by atoms with van der Waals surface area (Å²) in [5.41, 5.74) is 0.382. The van der Waals surface area contributed by atoms with Gasteiger partial charge in [0.2, 0.25) is 5.91 Å². The first kappa shape index (κ1) is 25.2. The largest absolute Gasteiger partial charge is 0.416 e. The third-order valence-corrected chi connectivity index (χ3v) is 6.77. The van der Waals surface area contributed by atoms with Crippen LogP contribution >= 0.6 is 0 Å². The van der Waals surface area contributed by atoms with Crippen LogP contribution in [0.5, 0.6) is 0 Å². The summed E-state index contributed by atoms with van der Waals surface area (Å²) in [4.78, 5) is 29.4. The molecule has 2 saturated heterocycles. The summed E-state index contributed by atoms with van der Waals surface area (Å²) in [5.74, 6) is -0.974. The van der Waals surface area contributed by atoms with Gasteiger partial charge in [-0.15, -0.1) is 0 Å². The van der Waals surface area contributed by atoms with Crippen molar-refractivity contribution in [2.45, 2.75) is 44.4 Å². The molecule has 0 aromatic heterocycles. The Bertz CT molecular complexity index is 1030. The topological polar surface area (TPSA) is 52.7 Å². The number of piperidine rings is 2. The number of likely N-dealkylation sites (tertiary alicyclic amines) is 2. The third kappa shape index (κ3) is 6.60. The van der Waals surface area contributed by atoms with Crippen LogP contribution < -0.4 is 5.32 Å². The maximum atomic E-state index is 13.2. The second-order valence-corrected chi connectivity index (χ2v) is 9.35. The Morgan fingerprint density at radius 2 is 1.69 bits per heavy atom. The van der Waals surface area contributed by atoms with E-state index in [0.717, 1.165) is 25.3 Å². The minimum atomic E-state index is -4.36. The predicted molar refractivity (Wildman–Crippen MR) is 123 cm³/mol. The number of hydrogen-bond donors (Lipinski definition) is 1. The molecule has 5 nitrogen and oxygen atoms in total. The van der Waals surface area contributed by atoms with Crippen LogP contribution in [0.4, 0.5) is 17.6 Å². The molecule has 0 saturated carbocycles. The number of carbonyl (C=O) groups excluding carboxylic acids is 2. The first-order chi connectivity index (χ1) is 16.7. The van der Waals surface area contributed by atoms with Crippen LogP contribution in [0.1, 0.15) is 47.2 Å². The number of amides is 2. The van der Waals surface area contributed by atoms with Crippen molar-refractivity contribution in [3.05, 3.63) is 71.0 Å². The van der Waals surface area contributed by atoms with E-state index in [2.05, 4.69) is 10.2 Å². The zero-order chi connectivity index (χ0) is 25.0. The second kappa shape index (κ2) is 10.8. The van der Waals surface area contributed by atoms with Crippen molar-refractivity contribution in [2.24, 2.45) is 5.92 Å². The summed E-state index contributed by atoms with van der Waals surface area (Å²) in [6.07, 6.45) is -1.50. The molecule has 2 fully saturated rings. The average molecular weight is 492 g/mol. The quantitative estimate of drug-likeness (QED) is 0.628. The highest BCUT2D eigenvalue weighted by Crippen LogP contribution is 2.30. The van der Waals surface area contributed by atoms with Crippen molar-refractivity contribution < 1.29 is 27.2 Å². The molecule has 1 N–H and O–H groups in total. The zero-order valence-corrected chi connectivity index (χ0v) is 19.4. The number of nitrogens with zero attached hydrogens (tertiary/aromatic N) is 2. The van der Waals surface area contributed by atoms with Gasteiger partial charge in [-0.2, -0.15) is 13.2 Å². The van der Waals surface area contributed by atoms with E-state index in [9.17, 15) is 27.2 Å². The molecule has 188 valence electrons. The highest BCUT2D eigenvalue weighted by molar-refractivity contribution is 5.94. The summed E-state index contributed by atoms with van der Waals surface area (Å²) in [6.45, 7) is 2.69. The molecule has 35 heavy (non-hydrogen) atoms. The first-order valence-corrected chi connectivity index (χ1v) is 11.9. The van der Waals surface area contributed by atoms with Crippen molar-refractivity contribution in [1.29, 1.82) is 0 Å². The number of benzene rings is 2. The van der Waals surface area contributed by atoms with Gasteiger partial charge in [0.15, 0.2) is 0 Å². The lowest BCUT2D eigenvalue weighted by molar-refractivity contribution is -0.137. The van der Waals surface area contributed by atoms with Crippen LogP contribution in [0.25, 0.3) is 0 Å². The smallest absolute Gasteiger partial charge is 0.353 e. The monoisotopic (exact) mass is 491 g/mol. The van der Waals surface area contributed by atoms with E-state index in [1.54, 1.807) is 11.0 Å². The molecule has 2 heterocycles. The molecule has 2 aliphatic heterocycles. The van der Waals surface area contributed by atoms with Gasteiger partial charge in [-0.05, 0) is 61.6 Å². The SMILES string of the molecule is O=C(NC1CCN(Cc2cccc(C(F)(F)F)c2)CC1)C1CCCN(C(=O)c2ccc(F)cc2)C1. The van der Waals surface area contributed by atoms with E-state index in [1.165, 1.54) is 36.4 Å². The fourth-order valence-corrected chi connectivity index (χ4v) is 4.81. The van der Waals surface area contributed by atoms with Gasteiger partial charge < -0.3 is 10.2 Å². The summed E-state index contributed by atoms with van der Waals surface area (Å²) in [5, 5.41) is 3.11. The fourth-order valence-electron chi connectivity index (χ4n) is 4.81. The molecule has 1 atom stereocenters. The number of hydrogen-bond acceptors (Lipinski definition) is 3. The van der Waals surface area contributed by atoms with Crippen molar-refractivity contribution in [2.75, 3.05) is 26.2 Å². The molecule has 1 unspecified atom stereocenters. The third-order valence-electron chi connectivity index (χ3n) is 6.77. The van der Waals surface area contributed by atoms with Gasteiger partial charge >= 0.3 is 6.18 Å². The van der Waals surface area contributed by atoms with E-state index >= 15 is 0 Å². The van der Waals surface area contributed by atoms with E-state index in [4.69, 9.17) is 0 Å². The van der Waals surface area contributed by atoms with Crippen LogP contribution in [0, 0.1) is 11.7 Å². The summed E-state index contributed by atoms with van der Waals surface area (Å²) >= 11 is 0. The van der Waals surface area contributed by atoms with E-state index in [-0.39, 0.29) is 23.8 Å². The summed E-state index contributed by atoms with van der Waals surface area (Å²) < 4.78 is 52.0. The van der Waals surface area contributed by atoms with E-state index in [1.807, 2.05) is 0 Å². The number of carbonyl (C=O) groups is 2. The van der Waals surface area contributed by atoms with Crippen LogP contribution in [-0.2, 0) is 17.5 Å². The lowest BCUT2D eigenvalue weighted by Gasteiger charge is -2.35. The molecule has 0 bridgehead atoms. The number of alkyl halides is 3. The number of rotatable bonds is 5. The predicted octanol–water partition coefficient (Wildman–Crippen LogP) is 4.48. The molecule has 0 aliphatic carbocycles. The highest BCUT2D eigenvalue weighted by Gasteiger charge is 2.32. The lowest BCUT2D eigenvalue weighted by Crippen LogP contribution is -2.50. The van der Waals surface area contributed by atoms with Crippen LogP contribution in [0.2, 0.25) is 0 Å². The van der Waals surface area contributed by atoms with Crippen molar-refractivity contribution in [1.82, 2.24) is 15.1 Å². The highest BCUT2D eigenvalue weighted by atomic mass is 19.4. The maximum absolute atomic E-state index is 13.2. The van der Waals surface area contributed by atoms with Crippen LogP contribution in [-0.4, -0.2) is 53.8 Å². The molecule has 2 aliphatic rings. The molecule has 2 amide bonds. The Morgan fingerprint density at radius 1 is 0.971 bits per heavy atom. The minimum Gasteiger partial charge on any atom is -0.353 e. The Balaban J connectivity index is 1.25.